The van der Waals surface area contributed by atoms with Crippen LogP contribution in [0.15, 0.2) is 47.4 Å². The van der Waals surface area contributed by atoms with E-state index < -0.39 is 0 Å². The van der Waals surface area contributed by atoms with Crippen molar-refractivity contribution in [2.24, 2.45) is 0 Å². The van der Waals surface area contributed by atoms with Crippen molar-refractivity contribution >= 4 is 11.8 Å². The average molecular weight is 315 g/mol. The lowest BCUT2D eigenvalue weighted by atomic mass is 9.84. The first-order chi connectivity index (χ1) is 10.7. The highest BCUT2D eigenvalue weighted by atomic mass is 32.2. The Kier molecular flexibility index (Phi) is 4.84. The third-order valence-electron chi connectivity index (χ3n) is 4.42. The van der Waals surface area contributed by atoms with E-state index in [1.54, 1.807) is 11.8 Å². The largest absolute Gasteiger partial charge is 0.301 e. The summed E-state index contributed by atoms with van der Waals surface area (Å²) in [6.45, 7) is 1.71. The second-order valence-corrected chi connectivity index (χ2v) is 6.87. The highest BCUT2D eigenvalue weighted by Crippen LogP contribution is 2.34. The SMILES string of the molecule is CSc1ccc(C2CN(C)Cc3cc(CCF)ccc32)cc1. The van der Waals surface area contributed by atoms with E-state index in [4.69, 9.17) is 0 Å². The summed E-state index contributed by atoms with van der Waals surface area (Å²) in [5.41, 5.74) is 5.22. The van der Waals surface area contributed by atoms with Crippen LogP contribution in [0.25, 0.3) is 0 Å². The minimum atomic E-state index is -0.284. The fourth-order valence-electron chi connectivity index (χ4n) is 3.29. The number of halogens is 1. The molecule has 3 heteroatoms. The molecule has 3 rings (SSSR count). The molecule has 0 fully saturated rings. The first-order valence-corrected chi connectivity index (χ1v) is 8.94. The van der Waals surface area contributed by atoms with Crippen LogP contribution < -0.4 is 0 Å². The zero-order chi connectivity index (χ0) is 15.5. The molecule has 0 aliphatic carbocycles. The number of alkyl halides is 1. The zero-order valence-corrected chi connectivity index (χ0v) is 14.0. The number of likely N-dealkylation sites (N-methyl/N-ethyl adjacent to an activating group) is 1. The van der Waals surface area contributed by atoms with E-state index in [2.05, 4.69) is 60.7 Å². The molecule has 0 bridgehead atoms. The molecule has 0 aromatic heterocycles. The maximum atomic E-state index is 12.6. The van der Waals surface area contributed by atoms with Gasteiger partial charge >= 0.3 is 0 Å². The lowest BCUT2D eigenvalue weighted by molar-refractivity contribution is 0.295. The lowest BCUT2D eigenvalue weighted by Crippen LogP contribution is -2.31. The summed E-state index contributed by atoms with van der Waals surface area (Å²) < 4.78 is 12.6. The molecule has 2 aromatic rings. The molecule has 2 aromatic carbocycles. The first kappa shape index (κ1) is 15.6. The third-order valence-corrected chi connectivity index (χ3v) is 5.16. The molecule has 0 saturated heterocycles. The molecule has 0 amide bonds. The number of nitrogens with zero attached hydrogens (tertiary/aromatic N) is 1. The maximum absolute atomic E-state index is 12.6. The van der Waals surface area contributed by atoms with E-state index in [1.165, 1.54) is 21.6 Å². The smallest absolute Gasteiger partial charge is 0.0934 e. The minimum Gasteiger partial charge on any atom is -0.301 e. The Morgan fingerprint density at radius 1 is 1.18 bits per heavy atom. The van der Waals surface area contributed by atoms with Gasteiger partial charge in [0, 0.05) is 30.3 Å². The van der Waals surface area contributed by atoms with Gasteiger partial charge < -0.3 is 4.90 Å². The van der Waals surface area contributed by atoms with Gasteiger partial charge in [-0.1, -0.05) is 30.3 Å². The van der Waals surface area contributed by atoms with Crippen LogP contribution in [0.5, 0.6) is 0 Å². The predicted molar refractivity (Wildman–Crippen MR) is 92.5 cm³/mol. The van der Waals surface area contributed by atoms with E-state index in [9.17, 15) is 4.39 Å². The van der Waals surface area contributed by atoms with Crippen molar-refractivity contribution in [1.82, 2.24) is 4.90 Å². The molecule has 0 saturated carbocycles. The molecule has 1 unspecified atom stereocenters. The number of hydrogen-bond acceptors (Lipinski definition) is 2. The minimum absolute atomic E-state index is 0.284. The standard InChI is InChI=1S/C19H22FNS/c1-21-12-16-11-14(9-10-20)3-8-18(16)19(13-21)15-4-6-17(22-2)7-5-15/h3-8,11,19H,9-10,12-13H2,1-2H3. The Labute approximate surface area is 136 Å². The number of hydrogen-bond donors (Lipinski definition) is 0. The second-order valence-electron chi connectivity index (χ2n) is 5.99. The van der Waals surface area contributed by atoms with Gasteiger partial charge in [-0.2, -0.15) is 0 Å². The van der Waals surface area contributed by atoms with Gasteiger partial charge in [-0.25, -0.2) is 0 Å². The fraction of sp³-hybridized carbons (Fsp3) is 0.368. The number of benzene rings is 2. The maximum Gasteiger partial charge on any atom is 0.0934 e. The third kappa shape index (κ3) is 3.21. The molecule has 22 heavy (non-hydrogen) atoms. The Morgan fingerprint density at radius 2 is 1.95 bits per heavy atom. The van der Waals surface area contributed by atoms with Crippen molar-refractivity contribution in [3.8, 4) is 0 Å². The summed E-state index contributed by atoms with van der Waals surface area (Å²) in [5.74, 6) is 0.407. The molecule has 1 nitrogen and oxygen atoms in total. The van der Waals surface area contributed by atoms with Crippen molar-refractivity contribution in [3.05, 3.63) is 64.7 Å². The lowest BCUT2D eigenvalue weighted by Gasteiger charge is -2.33. The van der Waals surface area contributed by atoms with Crippen molar-refractivity contribution in [2.75, 3.05) is 26.5 Å². The summed E-state index contributed by atoms with van der Waals surface area (Å²) in [7, 11) is 2.16. The average Bonchev–Trinajstić information content (AvgIpc) is 2.54. The van der Waals surface area contributed by atoms with Gasteiger partial charge in [-0.05, 0) is 47.7 Å². The summed E-state index contributed by atoms with van der Waals surface area (Å²) >= 11 is 1.77. The normalized spacial score (nSPS) is 18.2. The van der Waals surface area contributed by atoms with Gasteiger partial charge in [-0.15, -0.1) is 11.8 Å². The zero-order valence-electron chi connectivity index (χ0n) is 13.2. The van der Waals surface area contributed by atoms with Crippen molar-refractivity contribution in [3.63, 3.8) is 0 Å². The summed E-state index contributed by atoms with van der Waals surface area (Å²) in [6.07, 6.45) is 2.62. The van der Waals surface area contributed by atoms with Crippen LogP contribution in [0, 0.1) is 0 Å². The molecule has 0 spiro atoms. The van der Waals surface area contributed by atoms with Crippen molar-refractivity contribution in [2.45, 2.75) is 23.8 Å². The Morgan fingerprint density at radius 3 is 2.64 bits per heavy atom. The summed E-state index contributed by atoms with van der Waals surface area (Å²) in [4.78, 5) is 3.65. The topological polar surface area (TPSA) is 3.24 Å². The summed E-state index contributed by atoms with van der Waals surface area (Å²) in [5, 5.41) is 0. The quantitative estimate of drug-likeness (QED) is 0.764. The first-order valence-electron chi connectivity index (χ1n) is 7.71. The molecule has 116 valence electrons. The van der Waals surface area contributed by atoms with Crippen molar-refractivity contribution < 1.29 is 4.39 Å². The number of thioether (sulfide) groups is 1. The van der Waals surface area contributed by atoms with Crippen LogP contribution in [-0.4, -0.2) is 31.4 Å². The van der Waals surface area contributed by atoms with Gasteiger partial charge in [0.1, 0.15) is 0 Å². The molecule has 1 aliphatic rings. The van der Waals surface area contributed by atoms with Crippen molar-refractivity contribution in [1.29, 1.82) is 0 Å². The van der Waals surface area contributed by atoms with E-state index in [0.29, 0.717) is 12.3 Å². The molecule has 1 atom stereocenters. The van der Waals surface area contributed by atoms with Gasteiger partial charge in [0.05, 0.1) is 6.67 Å². The fourth-order valence-corrected chi connectivity index (χ4v) is 3.70. The Hall–Kier alpha value is -1.32. The second kappa shape index (κ2) is 6.84. The van der Waals surface area contributed by atoms with Gasteiger partial charge in [-0.3, -0.25) is 4.39 Å². The monoisotopic (exact) mass is 315 g/mol. The number of aryl methyl sites for hydroxylation is 1. The van der Waals surface area contributed by atoms with E-state index >= 15 is 0 Å². The van der Waals surface area contributed by atoms with E-state index in [-0.39, 0.29) is 6.67 Å². The number of rotatable bonds is 4. The van der Waals surface area contributed by atoms with Crippen LogP contribution in [0.2, 0.25) is 0 Å². The van der Waals surface area contributed by atoms with Crippen LogP contribution in [0.1, 0.15) is 28.2 Å². The molecular formula is C19H22FNS. The van der Waals surface area contributed by atoms with Crippen LogP contribution in [-0.2, 0) is 13.0 Å². The van der Waals surface area contributed by atoms with Gasteiger partial charge in [0.15, 0.2) is 0 Å². The molecule has 0 radical (unpaired) electrons. The molecule has 1 aliphatic heterocycles. The number of fused-ring (bicyclic) bond motifs is 1. The van der Waals surface area contributed by atoms with Crippen LogP contribution in [0.4, 0.5) is 4.39 Å². The van der Waals surface area contributed by atoms with Gasteiger partial charge in [0.2, 0.25) is 0 Å². The molecule has 0 N–H and O–H groups in total. The van der Waals surface area contributed by atoms with E-state index in [1.807, 2.05) is 0 Å². The molecule has 1 heterocycles. The van der Waals surface area contributed by atoms with Gasteiger partial charge in [0.25, 0.3) is 0 Å². The van der Waals surface area contributed by atoms with E-state index in [0.717, 1.165) is 18.7 Å². The highest BCUT2D eigenvalue weighted by Gasteiger charge is 2.24. The Bertz CT molecular complexity index is 638. The summed E-state index contributed by atoms with van der Waals surface area (Å²) in [6, 6.07) is 15.4. The highest BCUT2D eigenvalue weighted by molar-refractivity contribution is 7.98. The van der Waals surface area contributed by atoms with Crippen LogP contribution >= 0.6 is 11.8 Å². The predicted octanol–water partition coefficient (Wildman–Crippen LogP) is 4.50. The molecular weight excluding hydrogens is 293 g/mol. The van der Waals surface area contributed by atoms with Crippen LogP contribution in [0.3, 0.4) is 0 Å². The Balaban J connectivity index is 1.96.